The van der Waals surface area contributed by atoms with Crippen molar-refractivity contribution < 1.29 is 18.8 Å². The van der Waals surface area contributed by atoms with Crippen molar-refractivity contribution in [1.29, 1.82) is 0 Å². The first-order valence-electron chi connectivity index (χ1n) is 19.6. The molecule has 0 aliphatic rings. The van der Waals surface area contributed by atoms with Crippen LogP contribution in [0.2, 0.25) is 10.1 Å². The van der Waals surface area contributed by atoms with Gasteiger partial charge in [0.1, 0.15) is 17.2 Å². The van der Waals surface area contributed by atoms with Crippen molar-refractivity contribution in [2.75, 3.05) is 0 Å². The van der Waals surface area contributed by atoms with Crippen LogP contribution in [0.5, 0.6) is 17.2 Å². The fraction of sp³-hybridized carbons (Fsp3) is 0.220. The number of phenols is 1. The van der Waals surface area contributed by atoms with Crippen LogP contribution in [0, 0.1) is 0 Å². The number of ketones is 1. The fourth-order valence-electron chi connectivity index (χ4n) is 7.95. The smallest absolute Gasteiger partial charge is 0.319 e. The summed E-state index contributed by atoms with van der Waals surface area (Å²) in [5, 5.41) is 15.6. The molecule has 0 spiro atoms. The number of carbonyl (C=O) groups excluding carboxylic acids is 1. The van der Waals surface area contributed by atoms with Crippen molar-refractivity contribution in [2.24, 2.45) is 0 Å². The van der Waals surface area contributed by atoms with Crippen LogP contribution in [-0.2, 0) is 6.42 Å². The lowest BCUT2D eigenvalue weighted by atomic mass is 10.0. The van der Waals surface area contributed by atoms with Gasteiger partial charge in [0.05, 0.1) is 5.56 Å². The molecule has 0 saturated carbocycles. The number of phenolic OH excluding ortho intramolecular Hbond substituents is 1. The number of aryl methyl sites for hydroxylation is 1. The molecule has 6 aromatic carbocycles. The second-order valence-electron chi connectivity index (χ2n) is 16.5. The zero-order chi connectivity index (χ0) is 40.0. The molecule has 1 N–H and O–H groups in total. The summed E-state index contributed by atoms with van der Waals surface area (Å²) < 4.78 is 14.5. The minimum absolute atomic E-state index is 0.115. The molecule has 6 aromatic rings. The van der Waals surface area contributed by atoms with Crippen molar-refractivity contribution in [1.82, 2.24) is 0 Å². The molecular weight excluding hydrogens is 721 g/mol. The quantitative estimate of drug-likeness (QED) is 0.0722. The highest BCUT2D eigenvalue weighted by atomic mass is 28.4. The van der Waals surface area contributed by atoms with Crippen LogP contribution in [0.25, 0.3) is 6.08 Å². The second-order valence-corrected chi connectivity index (χ2v) is 25.0. The van der Waals surface area contributed by atoms with Gasteiger partial charge in [0.2, 0.25) is 0 Å². The molecule has 286 valence electrons. The average molecular weight is 775 g/mol. The monoisotopic (exact) mass is 774 g/mol. The lowest BCUT2D eigenvalue weighted by Gasteiger charge is -2.43. The third-order valence-electron chi connectivity index (χ3n) is 10.6. The highest BCUT2D eigenvalue weighted by molar-refractivity contribution is 7.00. The van der Waals surface area contributed by atoms with Crippen molar-refractivity contribution in [3.8, 4) is 17.2 Å². The predicted octanol–water partition coefficient (Wildman–Crippen LogP) is 10.1. The van der Waals surface area contributed by atoms with E-state index in [4.69, 9.17) is 8.85 Å². The van der Waals surface area contributed by atoms with Gasteiger partial charge in [-0.2, -0.15) is 0 Å². The van der Waals surface area contributed by atoms with Gasteiger partial charge in [-0.05, 0) is 78.7 Å². The largest absolute Gasteiger partial charge is 0.534 e. The lowest BCUT2D eigenvalue weighted by Crippen LogP contribution is -2.68. The first kappa shape index (κ1) is 40.2. The molecule has 0 aliphatic carbocycles. The van der Waals surface area contributed by atoms with Crippen LogP contribution in [0.3, 0.4) is 0 Å². The van der Waals surface area contributed by atoms with Gasteiger partial charge >= 0.3 is 16.6 Å². The third-order valence-corrected chi connectivity index (χ3v) is 20.5. The summed E-state index contributed by atoms with van der Waals surface area (Å²) in [5.41, 5.74) is 2.21. The molecule has 0 unspecified atom stereocenters. The molecule has 0 saturated heterocycles. The zero-order valence-electron chi connectivity index (χ0n) is 33.8. The van der Waals surface area contributed by atoms with E-state index in [-0.39, 0.29) is 27.2 Å². The number of hydrogen-bond acceptors (Lipinski definition) is 4. The Kier molecular flexibility index (Phi) is 12.0. The molecule has 6 heteroatoms. The molecule has 0 heterocycles. The summed E-state index contributed by atoms with van der Waals surface area (Å²) in [7, 11) is -5.75. The first-order valence-corrected chi connectivity index (χ1v) is 23.4. The number of rotatable bonds is 13. The van der Waals surface area contributed by atoms with E-state index < -0.39 is 16.6 Å². The number of allylic oxidation sites excluding steroid dienone is 1. The van der Waals surface area contributed by atoms with E-state index in [0.717, 1.165) is 40.1 Å². The van der Waals surface area contributed by atoms with E-state index in [1.807, 2.05) is 48.5 Å². The maximum absolute atomic E-state index is 13.6. The van der Waals surface area contributed by atoms with Gasteiger partial charge in [-0.3, -0.25) is 4.79 Å². The van der Waals surface area contributed by atoms with Crippen molar-refractivity contribution >= 4 is 49.2 Å². The standard InChI is InChI=1S/C50H54O4Si2/c1-8-21-39-36-38(31-35-48(39)54-56(50(5,6)7,43-26-17-11-18-27-43)44-28-19-12-20-29-44)30-34-46(51)45-33-32-40(37-47(45)52)53-55(49(2,3)4,41-22-13-9-14-23-41)42-24-15-10-16-25-42/h9-20,22-37,52H,8,21H2,1-7H3. The van der Waals surface area contributed by atoms with E-state index >= 15 is 0 Å². The topological polar surface area (TPSA) is 55.8 Å². The molecule has 0 atom stereocenters. The Morgan fingerprint density at radius 3 is 1.45 bits per heavy atom. The molecule has 6 rings (SSSR count). The minimum atomic E-state index is -2.92. The lowest BCUT2D eigenvalue weighted by molar-refractivity contribution is 0.104. The predicted molar refractivity (Wildman–Crippen MR) is 238 cm³/mol. The summed E-state index contributed by atoms with van der Waals surface area (Å²) >= 11 is 0. The van der Waals surface area contributed by atoms with Gasteiger partial charge in [0.25, 0.3) is 0 Å². The van der Waals surface area contributed by atoms with E-state index in [1.54, 1.807) is 18.2 Å². The molecule has 0 aromatic heterocycles. The minimum Gasteiger partial charge on any atom is -0.534 e. The zero-order valence-corrected chi connectivity index (χ0v) is 35.8. The van der Waals surface area contributed by atoms with Gasteiger partial charge in [-0.1, -0.05) is 188 Å². The van der Waals surface area contributed by atoms with E-state index in [9.17, 15) is 9.90 Å². The van der Waals surface area contributed by atoms with Gasteiger partial charge in [0, 0.05) is 6.07 Å². The highest BCUT2D eigenvalue weighted by Gasteiger charge is 2.53. The van der Waals surface area contributed by atoms with E-state index in [2.05, 4.69) is 146 Å². The molecule has 0 aliphatic heterocycles. The second kappa shape index (κ2) is 16.7. The normalized spacial score (nSPS) is 12.4. The molecule has 56 heavy (non-hydrogen) atoms. The number of benzene rings is 6. The van der Waals surface area contributed by atoms with Crippen molar-refractivity contribution in [3.05, 3.63) is 180 Å². The Hall–Kier alpha value is -5.44. The summed E-state index contributed by atoms with van der Waals surface area (Å²) in [6.45, 7) is 15.6. The molecule has 0 amide bonds. The molecular formula is C50H54O4Si2. The third kappa shape index (κ3) is 8.09. The average Bonchev–Trinajstić information content (AvgIpc) is 3.19. The van der Waals surface area contributed by atoms with Crippen LogP contribution < -0.4 is 29.6 Å². The Bertz CT molecular complexity index is 2180. The molecule has 0 radical (unpaired) electrons. The van der Waals surface area contributed by atoms with E-state index in [1.165, 1.54) is 16.4 Å². The van der Waals surface area contributed by atoms with Gasteiger partial charge < -0.3 is 14.0 Å². The Labute approximate surface area is 335 Å². The SMILES string of the molecule is CCCc1cc(C=CC(=O)c2ccc(O[Si](c3ccccc3)(c3ccccc3)C(C)(C)C)cc2O)ccc1O[Si](c1ccccc1)(c1ccccc1)C(C)(C)C. The van der Waals surface area contributed by atoms with Crippen LogP contribution in [-0.4, -0.2) is 27.5 Å². The van der Waals surface area contributed by atoms with Crippen LogP contribution >= 0.6 is 0 Å². The summed E-state index contributed by atoms with van der Waals surface area (Å²) in [5.74, 6) is 0.997. The van der Waals surface area contributed by atoms with Gasteiger partial charge in [-0.25, -0.2) is 0 Å². The van der Waals surface area contributed by atoms with Crippen LogP contribution in [0.15, 0.2) is 164 Å². The maximum Gasteiger partial charge on any atom is 0.319 e. The fourth-order valence-corrected chi connectivity index (χ4v) is 16.8. The molecule has 0 bridgehead atoms. The van der Waals surface area contributed by atoms with Crippen molar-refractivity contribution in [3.63, 3.8) is 0 Å². The van der Waals surface area contributed by atoms with Crippen molar-refractivity contribution in [2.45, 2.75) is 71.4 Å². The maximum atomic E-state index is 13.6. The van der Waals surface area contributed by atoms with Crippen LogP contribution in [0.4, 0.5) is 0 Å². The Morgan fingerprint density at radius 2 is 1.04 bits per heavy atom. The molecule has 4 nitrogen and oxygen atoms in total. The highest BCUT2D eigenvalue weighted by Crippen LogP contribution is 2.40. The number of hydrogen-bond donors (Lipinski definition) is 1. The Balaban J connectivity index is 1.30. The molecule has 0 fully saturated rings. The number of aromatic hydroxyl groups is 1. The first-order chi connectivity index (χ1) is 26.8. The van der Waals surface area contributed by atoms with Gasteiger partial charge in [-0.15, -0.1) is 0 Å². The summed E-state index contributed by atoms with van der Waals surface area (Å²) in [6, 6.07) is 53.3. The van der Waals surface area contributed by atoms with Crippen LogP contribution in [0.1, 0.15) is 76.4 Å². The van der Waals surface area contributed by atoms with E-state index in [0.29, 0.717) is 5.75 Å². The Morgan fingerprint density at radius 1 is 0.589 bits per heavy atom. The summed E-state index contributed by atoms with van der Waals surface area (Å²) in [4.78, 5) is 13.6. The summed E-state index contributed by atoms with van der Waals surface area (Å²) in [6.07, 6.45) is 5.13. The number of carbonyl (C=O) groups is 1. The van der Waals surface area contributed by atoms with Gasteiger partial charge in [0.15, 0.2) is 5.78 Å².